The summed E-state index contributed by atoms with van der Waals surface area (Å²) in [4.78, 5) is 1.30. The monoisotopic (exact) mass is 307 g/mol. The number of rotatable bonds is 4. The van der Waals surface area contributed by atoms with Crippen LogP contribution in [0.15, 0.2) is 15.9 Å². The van der Waals surface area contributed by atoms with Crippen LogP contribution in [0.5, 0.6) is 0 Å². The van der Waals surface area contributed by atoms with E-state index in [9.17, 15) is 5.11 Å². The first-order chi connectivity index (χ1) is 7.18. The van der Waals surface area contributed by atoms with E-state index in [1.807, 2.05) is 11.8 Å². The lowest BCUT2D eigenvalue weighted by Crippen LogP contribution is -2.40. The number of thioether (sulfide) groups is 1. The average Bonchev–Trinajstić information content (AvgIpc) is 2.76. The Balaban J connectivity index is 1.75. The summed E-state index contributed by atoms with van der Waals surface area (Å²) in [5.41, 5.74) is -0.473. The molecule has 0 spiro atoms. The van der Waals surface area contributed by atoms with Gasteiger partial charge in [0.15, 0.2) is 0 Å². The van der Waals surface area contributed by atoms with Crippen molar-refractivity contribution in [2.45, 2.75) is 18.6 Å². The van der Waals surface area contributed by atoms with Crippen molar-refractivity contribution in [1.29, 1.82) is 0 Å². The Bertz CT molecular complexity index is 323. The molecular weight excluding hydrogens is 294 g/mol. The van der Waals surface area contributed by atoms with Gasteiger partial charge in [-0.3, -0.25) is 0 Å². The second-order valence-electron chi connectivity index (χ2n) is 3.84. The van der Waals surface area contributed by atoms with Gasteiger partial charge in [-0.1, -0.05) is 0 Å². The van der Waals surface area contributed by atoms with Crippen LogP contribution in [0.2, 0.25) is 0 Å². The van der Waals surface area contributed by atoms with Gasteiger partial charge in [0.1, 0.15) is 0 Å². The molecule has 1 aromatic heterocycles. The van der Waals surface area contributed by atoms with E-state index in [-0.39, 0.29) is 0 Å². The molecule has 5 heteroatoms. The molecule has 2 heterocycles. The minimum Gasteiger partial charge on any atom is -0.388 e. The Morgan fingerprint density at radius 3 is 3.00 bits per heavy atom. The zero-order valence-corrected chi connectivity index (χ0v) is 11.6. The maximum Gasteiger partial charge on any atom is 0.0869 e. The van der Waals surface area contributed by atoms with Crippen LogP contribution in [-0.2, 0) is 6.54 Å². The summed E-state index contributed by atoms with van der Waals surface area (Å²) < 4.78 is 1.16. The summed E-state index contributed by atoms with van der Waals surface area (Å²) in [7, 11) is 0. The Morgan fingerprint density at radius 2 is 2.40 bits per heavy atom. The third-order valence-corrected chi connectivity index (χ3v) is 5.32. The lowest BCUT2D eigenvalue weighted by Gasteiger charge is -2.21. The van der Waals surface area contributed by atoms with Crippen molar-refractivity contribution >= 4 is 39.0 Å². The van der Waals surface area contributed by atoms with Crippen LogP contribution in [0.1, 0.15) is 11.3 Å². The van der Waals surface area contributed by atoms with E-state index < -0.39 is 5.60 Å². The molecule has 1 atom stereocenters. The number of nitrogens with one attached hydrogen (secondary N) is 1. The first-order valence-electron chi connectivity index (χ1n) is 4.93. The van der Waals surface area contributed by atoms with Crippen molar-refractivity contribution in [3.63, 3.8) is 0 Å². The maximum absolute atomic E-state index is 10.1. The van der Waals surface area contributed by atoms with Gasteiger partial charge in [0, 0.05) is 23.7 Å². The molecule has 0 aromatic carbocycles. The highest BCUT2D eigenvalue weighted by molar-refractivity contribution is 9.11. The number of hydrogen-bond donors (Lipinski definition) is 2. The predicted octanol–water partition coefficient (Wildman–Crippen LogP) is 2.47. The third-order valence-electron chi connectivity index (χ3n) is 2.46. The Labute approximate surface area is 107 Å². The van der Waals surface area contributed by atoms with Gasteiger partial charge < -0.3 is 10.4 Å². The van der Waals surface area contributed by atoms with Gasteiger partial charge >= 0.3 is 0 Å². The van der Waals surface area contributed by atoms with Gasteiger partial charge in [0.25, 0.3) is 0 Å². The van der Waals surface area contributed by atoms with Gasteiger partial charge in [-0.2, -0.15) is 11.8 Å². The smallest absolute Gasteiger partial charge is 0.0869 e. The van der Waals surface area contributed by atoms with E-state index in [1.165, 1.54) is 4.88 Å². The Morgan fingerprint density at radius 1 is 1.53 bits per heavy atom. The molecule has 0 amide bonds. The standard InChI is InChI=1S/C10H14BrNOS2/c11-9-2-1-8(15-9)5-12-6-10(13)3-4-14-7-10/h1-2,12-13H,3-7H2. The van der Waals surface area contributed by atoms with Gasteiger partial charge in [0.2, 0.25) is 0 Å². The molecular formula is C10H14BrNOS2. The minimum absolute atomic E-state index is 0.473. The molecule has 1 unspecified atom stereocenters. The van der Waals surface area contributed by atoms with Gasteiger partial charge in [0.05, 0.1) is 9.39 Å². The summed E-state index contributed by atoms with van der Waals surface area (Å²) >= 11 is 7.01. The molecule has 0 radical (unpaired) electrons. The van der Waals surface area contributed by atoms with E-state index in [4.69, 9.17) is 0 Å². The van der Waals surface area contributed by atoms with Crippen molar-refractivity contribution in [3.8, 4) is 0 Å². The number of thiophene rings is 1. The molecule has 2 rings (SSSR count). The van der Waals surface area contributed by atoms with E-state index >= 15 is 0 Å². The molecule has 0 aliphatic carbocycles. The fourth-order valence-electron chi connectivity index (χ4n) is 1.60. The van der Waals surface area contributed by atoms with Crippen molar-refractivity contribution < 1.29 is 5.11 Å². The quantitative estimate of drug-likeness (QED) is 0.896. The van der Waals surface area contributed by atoms with Gasteiger partial charge in [-0.15, -0.1) is 11.3 Å². The lowest BCUT2D eigenvalue weighted by molar-refractivity contribution is 0.0675. The SMILES string of the molecule is OC1(CNCc2ccc(Br)s2)CCSC1. The van der Waals surface area contributed by atoms with Crippen molar-refractivity contribution in [1.82, 2.24) is 5.32 Å². The van der Waals surface area contributed by atoms with Crippen LogP contribution in [0, 0.1) is 0 Å². The Hall–Kier alpha value is 0.450. The molecule has 1 aliphatic rings. The minimum atomic E-state index is -0.473. The highest BCUT2D eigenvalue weighted by Gasteiger charge is 2.30. The zero-order chi connectivity index (χ0) is 10.7. The summed E-state index contributed by atoms with van der Waals surface area (Å²) in [6, 6.07) is 4.16. The number of halogens is 1. The van der Waals surface area contributed by atoms with Crippen molar-refractivity contribution in [2.75, 3.05) is 18.1 Å². The van der Waals surface area contributed by atoms with Crippen LogP contribution in [0.25, 0.3) is 0 Å². The molecule has 1 saturated heterocycles. The molecule has 1 aliphatic heterocycles. The van der Waals surface area contributed by atoms with E-state index in [2.05, 4.69) is 33.4 Å². The second-order valence-corrected chi connectivity index (χ2v) is 7.49. The van der Waals surface area contributed by atoms with Crippen molar-refractivity contribution in [2.24, 2.45) is 0 Å². The molecule has 0 bridgehead atoms. The summed E-state index contributed by atoms with van der Waals surface area (Å²) in [6.07, 6.45) is 0.915. The molecule has 1 fully saturated rings. The normalized spacial score (nSPS) is 26.0. The summed E-state index contributed by atoms with van der Waals surface area (Å²) in [5.74, 6) is 1.96. The largest absolute Gasteiger partial charge is 0.388 e. The number of hydrogen-bond acceptors (Lipinski definition) is 4. The summed E-state index contributed by atoms with van der Waals surface area (Å²) in [6.45, 7) is 1.55. The molecule has 15 heavy (non-hydrogen) atoms. The van der Waals surface area contributed by atoms with Crippen LogP contribution in [-0.4, -0.2) is 28.8 Å². The van der Waals surface area contributed by atoms with Gasteiger partial charge in [-0.05, 0) is 40.2 Å². The lowest BCUT2D eigenvalue weighted by atomic mass is 10.0. The molecule has 2 N–H and O–H groups in total. The van der Waals surface area contributed by atoms with Crippen LogP contribution in [0.3, 0.4) is 0 Å². The first-order valence-corrected chi connectivity index (χ1v) is 7.69. The topological polar surface area (TPSA) is 32.3 Å². The van der Waals surface area contributed by atoms with Gasteiger partial charge in [-0.25, -0.2) is 0 Å². The molecule has 2 nitrogen and oxygen atoms in total. The number of aliphatic hydroxyl groups is 1. The van der Waals surface area contributed by atoms with Crippen molar-refractivity contribution in [3.05, 3.63) is 20.8 Å². The highest BCUT2D eigenvalue weighted by Crippen LogP contribution is 2.27. The molecule has 1 aromatic rings. The van der Waals surface area contributed by atoms with E-state index in [0.29, 0.717) is 6.54 Å². The maximum atomic E-state index is 10.1. The fourth-order valence-corrected chi connectivity index (χ4v) is 4.35. The highest BCUT2D eigenvalue weighted by atomic mass is 79.9. The first kappa shape index (κ1) is 11.9. The van der Waals surface area contributed by atoms with E-state index in [1.54, 1.807) is 11.3 Å². The van der Waals surface area contributed by atoms with Crippen LogP contribution >= 0.6 is 39.0 Å². The summed E-state index contributed by atoms with van der Waals surface area (Å²) in [5, 5.41) is 13.4. The Kier molecular flexibility index (Phi) is 4.12. The second kappa shape index (κ2) is 5.19. The zero-order valence-electron chi connectivity index (χ0n) is 8.33. The fraction of sp³-hybridized carbons (Fsp3) is 0.600. The van der Waals surface area contributed by atoms with Crippen LogP contribution in [0.4, 0.5) is 0 Å². The van der Waals surface area contributed by atoms with E-state index in [0.717, 1.165) is 28.3 Å². The third kappa shape index (κ3) is 3.46. The predicted molar refractivity (Wildman–Crippen MR) is 70.6 cm³/mol. The molecule has 84 valence electrons. The molecule has 0 saturated carbocycles. The average molecular weight is 308 g/mol. The van der Waals surface area contributed by atoms with Crippen LogP contribution < -0.4 is 5.32 Å².